The highest BCUT2D eigenvalue weighted by molar-refractivity contribution is 5.82. The molecule has 3 aromatic rings. The van der Waals surface area contributed by atoms with Gasteiger partial charge in [0.15, 0.2) is 12.4 Å². The van der Waals surface area contributed by atoms with Crippen LogP contribution >= 0.6 is 0 Å². The fraction of sp³-hybridized carbons (Fsp3) is 0.474. The lowest BCUT2D eigenvalue weighted by molar-refractivity contribution is -0.276. The number of carbonyl (C=O) groups excluding carboxylic acids is 2. The van der Waals surface area contributed by atoms with E-state index in [1.54, 1.807) is 6.92 Å². The molecule has 0 radical (unpaired) electrons. The average molecular weight is 629 g/mol. The Morgan fingerprint density at radius 2 is 1.57 bits per heavy atom. The minimum atomic E-state index is -0.839. The lowest BCUT2D eigenvalue weighted by Crippen LogP contribution is -2.45. The smallest absolute Gasteiger partial charge is 0.303 e. The molecule has 46 heavy (non-hydrogen) atoms. The number of likely N-dealkylation sites (tertiary alicyclic amines) is 1. The summed E-state index contributed by atoms with van der Waals surface area (Å²) in [5.74, 6) is -0.664. The molecule has 5 atom stereocenters. The number of hydrogen-bond donors (Lipinski definition) is 2. The minimum Gasteiger partial charge on any atom is -0.453 e. The number of aliphatic hydroxyl groups is 1. The highest BCUT2D eigenvalue weighted by Gasteiger charge is 2.39. The Hall–Kier alpha value is -3.56. The predicted octanol–water partition coefficient (Wildman–Crippen LogP) is 6.47. The van der Waals surface area contributed by atoms with Gasteiger partial charge in [-0.3, -0.25) is 9.59 Å². The van der Waals surface area contributed by atoms with Crippen LogP contribution in [-0.4, -0.2) is 53.7 Å². The van der Waals surface area contributed by atoms with Crippen LogP contribution in [0.25, 0.3) is 11.1 Å². The molecule has 5 unspecified atom stereocenters. The quantitative estimate of drug-likeness (QED) is 0.249. The van der Waals surface area contributed by atoms with Gasteiger partial charge < -0.3 is 29.5 Å². The monoisotopic (exact) mass is 628 g/mol. The second-order valence-electron chi connectivity index (χ2n) is 12.7. The van der Waals surface area contributed by atoms with Crippen LogP contribution in [-0.2, 0) is 37.0 Å². The standard InChI is InChI=1S/C38H48N2O6/c1-26-35(24-40-20-7-5-4-6-8-21-40)45-38(46-36(26)32-14-12-29(25-41)13-15-32)33-18-16-31(17-19-33)34-11-9-10-30(22-34)23-39-37(43)27(2)44-28(3)42/h9-19,22,26-27,35-36,38,41H,4-8,20-21,23-25H2,1-3H3,(H,39,43). The van der Waals surface area contributed by atoms with Gasteiger partial charge in [-0.25, -0.2) is 0 Å². The van der Waals surface area contributed by atoms with Crippen molar-refractivity contribution in [3.8, 4) is 11.1 Å². The maximum atomic E-state index is 12.3. The molecule has 0 spiro atoms. The second kappa shape index (κ2) is 16.3. The average Bonchev–Trinajstić information content (AvgIpc) is 3.05. The molecule has 246 valence electrons. The van der Waals surface area contributed by atoms with E-state index >= 15 is 0 Å². The first-order valence-electron chi connectivity index (χ1n) is 16.7. The van der Waals surface area contributed by atoms with Gasteiger partial charge in [0.05, 0.1) is 18.8 Å². The van der Waals surface area contributed by atoms with Crippen molar-refractivity contribution < 1.29 is 28.9 Å². The summed E-state index contributed by atoms with van der Waals surface area (Å²) in [4.78, 5) is 26.0. The third-order valence-corrected chi connectivity index (χ3v) is 9.13. The number of benzene rings is 3. The summed E-state index contributed by atoms with van der Waals surface area (Å²) in [6.45, 7) is 8.52. The molecular formula is C38H48N2O6. The number of ether oxygens (including phenoxy) is 3. The van der Waals surface area contributed by atoms with E-state index in [4.69, 9.17) is 14.2 Å². The van der Waals surface area contributed by atoms with Crippen LogP contribution < -0.4 is 5.32 Å². The molecule has 2 fully saturated rings. The Kier molecular flexibility index (Phi) is 12.0. The van der Waals surface area contributed by atoms with E-state index in [0.29, 0.717) is 6.54 Å². The molecule has 2 aliphatic heterocycles. The highest BCUT2D eigenvalue weighted by Crippen LogP contribution is 2.42. The van der Waals surface area contributed by atoms with Gasteiger partial charge in [0.2, 0.25) is 0 Å². The Morgan fingerprint density at radius 3 is 2.24 bits per heavy atom. The number of hydrogen-bond acceptors (Lipinski definition) is 7. The van der Waals surface area contributed by atoms with Crippen LogP contribution in [0.15, 0.2) is 72.8 Å². The van der Waals surface area contributed by atoms with Crippen molar-refractivity contribution >= 4 is 11.9 Å². The molecular weight excluding hydrogens is 580 g/mol. The van der Waals surface area contributed by atoms with E-state index in [1.807, 2.05) is 36.4 Å². The molecule has 0 bridgehead atoms. The van der Waals surface area contributed by atoms with E-state index in [-0.39, 0.29) is 30.6 Å². The number of amides is 1. The number of nitrogens with one attached hydrogen (secondary N) is 1. The number of rotatable bonds is 10. The zero-order chi connectivity index (χ0) is 32.5. The second-order valence-corrected chi connectivity index (χ2v) is 12.7. The summed E-state index contributed by atoms with van der Waals surface area (Å²) in [5, 5.41) is 12.4. The van der Waals surface area contributed by atoms with Crippen molar-refractivity contribution in [3.05, 3.63) is 95.1 Å². The van der Waals surface area contributed by atoms with E-state index in [1.165, 1.54) is 39.0 Å². The Morgan fingerprint density at radius 1 is 0.891 bits per heavy atom. The molecule has 1 amide bonds. The summed E-state index contributed by atoms with van der Waals surface area (Å²) >= 11 is 0. The molecule has 2 N–H and O–H groups in total. The van der Waals surface area contributed by atoms with Crippen LogP contribution in [0.4, 0.5) is 0 Å². The fourth-order valence-corrected chi connectivity index (χ4v) is 6.41. The number of esters is 1. The van der Waals surface area contributed by atoms with Crippen LogP contribution in [0, 0.1) is 5.92 Å². The lowest BCUT2D eigenvalue weighted by Gasteiger charge is -2.43. The minimum absolute atomic E-state index is 0.0100. The molecule has 5 rings (SSSR count). The van der Waals surface area contributed by atoms with Crippen LogP contribution in [0.3, 0.4) is 0 Å². The first-order chi connectivity index (χ1) is 22.3. The third kappa shape index (κ3) is 9.04. The van der Waals surface area contributed by atoms with Crippen molar-refractivity contribution in [1.29, 1.82) is 0 Å². The Labute approximate surface area is 273 Å². The van der Waals surface area contributed by atoms with Gasteiger partial charge in [0.25, 0.3) is 5.91 Å². The summed E-state index contributed by atoms with van der Waals surface area (Å²) in [6, 6.07) is 24.4. The van der Waals surface area contributed by atoms with Gasteiger partial charge in [0.1, 0.15) is 0 Å². The van der Waals surface area contributed by atoms with E-state index < -0.39 is 18.4 Å². The van der Waals surface area contributed by atoms with Gasteiger partial charge in [-0.2, -0.15) is 0 Å². The van der Waals surface area contributed by atoms with E-state index in [0.717, 1.165) is 53.0 Å². The summed E-state index contributed by atoms with van der Waals surface area (Å²) in [5.41, 5.74) is 5.97. The van der Waals surface area contributed by atoms with Crippen LogP contribution in [0.5, 0.6) is 0 Å². The van der Waals surface area contributed by atoms with Crippen molar-refractivity contribution in [1.82, 2.24) is 10.2 Å². The lowest BCUT2D eigenvalue weighted by atomic mass is 9.89. The number of carbonyl (C=O) groups is 2. The van der Waals surface area contributed by atoms with E-state index in [2.05, 4.69) is 53.5 Å². The SMILES string of the molecule is CC(=O)OC(C)C(=O)NCc1cccc(-c2ccc(C3OC(CN4CCCCCCC4)C(C)C(c4ccc(CO)cc4)O3)cc2)c1. The van der Waals surface area contributed by atoms with Crippen LogP contribution in [0.2, 0.25) is 0 Å². The zero-order valence-electron chi connectivity index (χ0n) is 27.3. The molecule has 0 aromatic heterocycles. The van der Waals surface area contributed by atoms with E-state index in [9.17, 15) is 14.7 Å². The third-order valence-electron chi connectivity index (χ3n) is 9.13. The maximum Gasteiger partial charge on any atom is 0.303 e. The molecule has 2 heterocycles. The summed E-state index contributed by atoms with van der Waals surface area (Å²) < 4.78 is 18.4. The Bertz CT molecular complexity index is 1420. The summed E-state index contributed by atoms with van der Waals surface area (Å²) in [6.07, 6.45) is 4.91. The highest BCUT2D eigenvalue weighted by atomic mass is 16.7. The van der Waals surface area contributed by atoms with Crippen molar-refractivity contribution in [2.24, 2.45) is 5.92 Å². The normalized spacial score (nSPS) is 23.1. The molecule has 2 aliphatic rings. The van der Waals surface area contributed by atoms with Crippen molar-refractivity contribution in [2.45, 2.75) is 90.6 Å². The van der Waals surface area contributed by atoms with Crippen molar-refractivity contribution in [2.75, 3.05) is 19.6 Å². The van der Waals surface area contributed by atoms with Gasteiger partial charge >= 0.3 is 5.97 Å². The molecule has 0 aliphatic carbocycles. The maximum absolute atomic E-state index is 12.3. The van der Waals surface area contributed by atoms with Gasteiger partial charge in [0, 0.05) is 31.5 Å². The Balaban J connectivity index is 1.31. The molecule has 8 nitrogen and oxygen atoms in total. The van der Waals surface area contributed by atoms with Crippen LogP contribution in [0.1, 0.15) is 87.5 Å². The molecule has 8 heteroatoms. The van der Waals surface area contributed by atoms with Gasteiger partial charge in [-0.1, -0.05) is 92.9 Å². The molecule has 2 saturated heterocycles. The van der Waals surface area contributed by atoms with Crippen molar-refractivity contribution in [3.63, 3.8) is 0 Å². The number of nitrogens with zero attached hydrogens (tertiary/aromatic N) is 1. The summed E-state index contributed by atoms with van der Waals surface area (Å²) in [7, 11) is 0. The topological polar surface area (TPSA) is 97.3 Å². The fourth-order valence-electron chi connectivity index (χ4n) is 6.41. The predicted molar refractivity (Wildman–Crippen MR) is 177 cm³/mol. The van der Waals surface area contributed by atoms with Gasteiger partial charge in [-0.15, -0.1) is 0 Å². The molecule has 3 aromatic carbocycles. The zero-order valence-corrected chi connectivity index (χ0v) is 27.3. The number of aliphatic hydroxyl groups excluding tert-OH is 1. The largest absolute Gasteiger partial charge is 0.453 e. The molecule has 0 saturated carbocycles. The first-order valence-corrected chi connectivity index (χ1v) is 16.7. The van der Waals surface area contributed by atoms with Gasteiger partial charge in [-0.05, 0) is 66.7 Å². The first kappa shape index (κ1) is 33.8.